The van der Waals surface area contributed by atoms with Crippen molar-refractivity contribution in [3.05, 3.63) is 58.3 Å². The van der Waals surface area contributed by atoms with E-state index in [0.29, 0.717) is 18.7 Å². The van der Waals surface area contributed by atoms with Crippen molar-refractivity contribution < 1.29 is 10.0 Å². The lowest BCUT2D eigenvalue weighted by Crippen LogP contribution is -2.07. The third-order valence-electron chi connectivity index (χ3n) is 2.63. The monoisotopic (exact) mass is 259 g/mol. The Balaban J connectivity index is 1.96. The van der Waals surface area contributed by atoms with Crippen LogP contribution < -0.4 is 5.32 Å². The highest BCUT2D eigenvalue weighted by molar-refractivity contribution is 5.56. The second kappa shape index (κ2) is 5.81. The molecule has 0 spiro atoms. The molecule has 98 valence electrons. The molecule has 2 N–H and O–H groups in total. The van der Waals surface area contributed by atoms with Crippen molar-refractivity contribution >= 4 is 11.5 Å². The van der Waals surface area contributed by atoms with Gasteiger partial charge in [-0.05, 0) is 46.2 Å². The van der Waals surface area contributed by atoms with Gasteiger partial charge in [-0.25, -0.2) is 0 Å². The molecule has 0 aliphatic carbocycles. The van der Waals surface area contributed by atoms with Crippen molar-refractivity contribution in [2.75, 3.05) is 11.9 Å². The molecule has 1 aromatic carbocycles. The summed E-state index contributed by atoms with van der Waals surface area (Å²) in [6.07, 6.45) is 2.09. The van der Waals surface area contributed by atoms with Gasteiger partial charge in [0.25, 0.3) is 0 Å². The lowest BCUT2D eigenvalue weighted by atomic mass is 10.1. The molecule has 6 nitrogen and oxygen atoms in total. The molecule has 0 bridgehead atoms. The average molecular weight is 259 g/mol. The molecule has 6 heteroatoms. The molecule has 0 saturated carbocycles. The van der Waals surface area contributed by atoms with E-state index in [9.17, 15) is 10.1 Å². The number of benzene rings is 1. The van der Waals surface area contributed by atoms with E-state index in [1.807, 2.05) is 12.1 Å². The van der Waals surface area contributed by atoms with Gasteiger partial charge in [0.2, 0.25) is 0 Å². The molecule has 0 radical (unpaired) electrons. The van der Waals surface area contributed by atoms with Crippen LogP contribution in [0.1, 0.15) is 5.56 Å². The van der Waals surface area contributed by atoms with Gasteiger partial charge in [0.05, 0.1) is 0 Å². The average Bonchev–Trinajstić information content (AvgIpc) is 2.41. The van der Waals surface area contributed by atoms with E-state index in [0.717, 1.165) is 5.56 Å². The summed E-state index contributed by atoms with van der Waals surface area (Å²) in [5, 5.41) is 22.9. The van der Waals surface area contributed by atoms with Gasteiger partial charge < -0.3 is 20.5 Å². The zero-order valence-electron chi connectivity index (χ0n) is 10.1. The number of rotatable bonds is 5. The van der Waals surface area contributed by atoms with Crippen LogP contribution in [0, 0.1) is 10.1 Å². The molecular weight excluding hydrogens is 246 g/mol. The summed E-state index contributed by atoms with van der Waals surface area (Å²) in [4.78, 5) is 14.0. The van der Waals surface area contributed by atoms with Crippen LogP contribution in [0.2, 0.25) is 0 Å². The number of hydrogen-bond donors (Lipinski definition) is 2. The quantitative estimate of drug-likeness (QED) is 0.635. The topological polar surface area (TPSA) is 88.3 Å². The van der Waals surface area contributed by atoms with Crippen molar-refractivity contribution in [1.82, 2.24) is 4.98 Å². The molecule has 2 rings (SSSR count). The third-order valence-corrected chi connectivity index (χ3v) is 2.63. The van der Waals surface area contributed by atoms with Crippen molar-refractivity contribution in [3.63, 3.8) is 0 Å². The number of aromatic nitrogens is 1. The summed E-state index contributed by atoms with van der Waals surface area (Å²) >= 11 is 0. The van der Waals surface area contributed by atoms with Crippen LogP contribution in [-0.4, -0.2) is 21.6 Å². The van der Waals surface area contributed by atoms with Crippen LogP contribution in [0.4, 0.5) is 11.5 Å². The number of phenols is 1. The first-order chi connectivity index (χ1) is 9.16. The molecule has 0 unspecified atom stereocenters. The Kier molecular flexibility index (Phi) is 3.92. The molecule has 0 aliphatic rings. The highest BCUT2D eigenvalue weighted by Gasteiger charge is 2.12. The van der Waals surface area contributed by atoms with Crippen molar-refractivity contribution in [2.45, 2.75) is 6.42 Å². The summed E-state index contributed by atoms with van der Waals surface area (Å²) in [7, 11) is 0. The lowest BCUT2D eigenvalue weighted by Gasteiger charge is -2.06. The number of pyridine rings is 1. The summed E-state index contributed by atoms with van der Waals surface area (Å²) in [6.45, 7) is 0.553. The summed E-state index contributed by atoms with van der Waals surface area (Å²) in [6, 6.07) is 10.1. The van der Waals surface area contributed by atoms with E-state index < -0.39 is 4.92 Å². The molecule has 0 fully saturated rings. The second-order valence-electron chi connectivity index (χ2n) is 3.97. The molecule has 0 atom stereocenters. The first-order valence-corrected chi connectivity index (χ1v) is 5.78. The fraction of sp³-hybridized carbons (Fsp3) is 0.154. The van der Waals surface area contributed by atoms with E-state index in [1.165, 1.54) is 6.20 Å². The van der Waals surface area contributed by atoms with Gasteiger partial charge in [0, 0.05) is 6.54 Å². The fourth-order valence-corrected chi connectivity index (χ4v) is 1.68. The van der Waals surface area contributed by atoms with E-state index in [-0.39, 0.29) is 11.6 Å². The van der Waals surface area contributed by atoms with Crippen LogP contribution >= 0.6 is 0 Å². The van der Waals surface area contributed by atoms with Crippen molar-refractivity contribution in [1.29, 1.82) is 0 Å². The standard InChI is InChI=1S/C13H13N3O3/c17-11-5-3-10(4-6-11)7-9-14-12-2-1-8-15-13(12)16(18)19/h1-6,8,14,17H,7,9H2. The van der Waals surface area contributed by atoms with E-state index in [4.69, 9.17) is 5.11 Å². The smallest absolute Gasteiger partial charge is 0.386 e. The lowest BCUT2D eigenvalue weighted by molar-refractivity contribution is -0.388. The number of nitrogens with zero attached hydrogens (tertiary/aromatic N) is 2. The van der Waals surface area contributed by atoms with Gasteiger partial charge in [-0.3, -0.25) is 0 Å². The molecule has 1 aromatic heterocycles. The number of anilines is 1. The van der Waals surface area contributed by atoms with Gasteiger partial charge in [-0.2, -0.15) is 0 Å². The zero-order chi connectivity index (χ0) is 13.7. The molecule has 19 heavy (non-hydrogen) atoms. The molecule has 0 saturated heterocycles. The maximum absolute atomic E-state index is 10.8. The van der Waals surface area contributed by atoms with E-state index in [1.54, 1.807) is 24.3 Å². The van der Waals surface area contributed by atoms with Gasteiger partial charge in [0.15, 0.2) is 0 Å². The second-order valence-corrected chi connectivity index (χ2v) is 3.97. The minimum absolute atomic E-state index is 0.173. The molecule has 0 amide bonds. The third kappa shape index (κ3) is 3.41. The number of hydrogen-bond acceptors (Lipinski definition) is 5. The first kappa shape index (κ1) is 12.8. The Hall–Kier alpha value is -2.63. The van der Waals surface area contributed by atoms with Crippen LogP contribution in [0.25, 0.3) is 0 Å². The Bertz CT molecular complexity index is 570. The van der Waals surface area contributed by atoms with Crippen LogP contribution in [-0.2, 0) is 6.42 Å². The van der Waals surface area contributed by atoms with Crippen LogP contribution in [0.5, 0.6) is 5.75 Å². The zero-order valence-corrected chi connectivity index (χ0v) is 10.1. The largest absolute Gasteiger partial charge is 0.508 e. The summed E-state index contributed by atoms with van der Waals surface area (Å²) < 4.78 is 0. The number of nitro groups is 1. The van der Waals surface area contributed by atoms with Gasteiger partial charge >= 0.3 is 5.82 Å². The molecule has 0 aliphatic heterocycles. The van der Waals surface area contributed by atoms with Crippen LogP contribution in [0.15, 0.2) is 42.6 Å². The van der Waals surface area contributed by atoms with Crippen LogP contribution in [0.3, 0.4) is 0 Å². The van der Waals surface area contributed by atoms with Crippen molar-refractivity contribution in [3.8, 4) is 5.75 Å². The Morgan fingerprint density at radius 3 is 2.68 bits per heavy atom. The molecular formula is C13H13N3O3. The molecule has 2 aromatic rings. The first-order valence-electron chi connectivity index (χ1n) is 5.78. The SMILES string of the molecule is O=[N+]([O-])c1ncccc1NCCc1ccc(O)cc1. The Labute approximate surface area is 109 Å². The number of phenolic OH excluding ortho intramolecular Hbond substituents is 1. The minimum Gasteiger partial charge on any atom is -0.508 e. The predicted molar refractivity (Wildman–Crippen MR) is 71.2 cm³/mol. The van der Waals surface area contributed by atoms with Crippen molar-refractivity contribution in [2.24, 2.45) is 0 Å². The summed E-state index contributed by atoms with van der Waals surface area (Å²) in [5.74, 6) is 0.0489. The van der Waals surface area contributed by atoms with E-state index in [2.05, 4.69) is 10.3 Å². The Morgan fingerprint density at radius 1 is 1.26 bits per heavy atom. The maximum Gasteiger partial charge on any atom is 0.386 e. The van der Waals surface area contributed by atoms with E-state index >= 15 is 0 Å². The predicted octanol–water partition coefficient (Wildman–Crippen LogP) is 2.35. The fourth-order valence-electron chi connectivity index (χ4n) is 1.68. The van der Waals surface area contributed by atoms with Gasteiger partial charge in [-0.1, -0.05) is 12.1 Å². The highest BCUT2D eigenvalue weighted by atomic mass is 16.6. The summed E-state index contributed by atoms with van der Waals surface area (Å²) in [5.41, 5.74) is 1.45. The Morgan fingerprint density at radius 2 is 2.00 bits per heavy atom. The molecule has 1 heterocycles. The maximum atomic E-state index is 10.8. The normalized spacial score (nSPS) is 10.1. The number of aromatic hydroxyl groups is 1. The number of nitrogens with one attached hydrogen (secondary N) is 1. The minimum atomic E-state index is -0.511. The van der Waals surface area contributed by atoms with Gasteiger partial charge in [-0.15, -0.1) is 0 Å². The highest BCUT2D eigenvalue weighted by Crippen LogP contribution is 2.20. The van der Waals surface area contributed by atoms with Gasteiger partial charge in [0.1, 0.15) is 17.6 Å².